The lowest BCUT2D eigenvalue weighted by molar-refractivity contribution is -0.135. The minimum Gasteiger partial charge on any atom is -0.288 e. The van der Waals surface area contributed by atoms with Crippen LogP contribution in [0.5, 0.6) is 0 Å². The second kappa shape index (κ2) is 3.32. The van der Waals surface area contributed by atoms with Gasteiger partial charge in [-0.3, -0.25) is 25.2 Å². The van der Waals surface area contributed by atoms with Gasteiger partial charge in [0.1, 0.15) is 0 Å². The van der Waals surface area contributed by atoms with Crippen LogP contribution in [0.3, 0.4) is 0 Å². The van der Waals surface area contributed by atoms with Gasteiger partial charge in [-0.05, 0) is 24.2 Å². The molecule has 0 aromatic carbocycles. The number of rotatable bonds is 3. The summed E-state index contributed by atoms with van der Waals surface area (Å²) in [7, 11) is 0. The highest BCUT2D eigenvalue weighted by Gasteiger charge is 2.45. The van der Waals surface area contributed by atoms with E-state index >= 15 is 0 Å². The van der Waals surface area contributed by atoms with Crippen molar-refractivity contribution in [3.05, 3.63) is 0 Å². The van der Waals surface area contributed by atoms with E-state index in [2.05, 4.69) is 29.5 Å². The number of carbonyl (C=O) groups excluding carboxylic acids is 2. The third kappa shape index (κ3) is 1.86. The van der Waals surface area contributed by atoms with Crippen LogP contribution < -0.4 is 10.6 Å². The van der Waals surface area contributed by atoms with Crippen molar-refractivity contribution in [2.45, 2.75) is 26.7 Å². The van der Waals surface area contributed by atoms with Crippen molar-refractivity contribution in [1.29, 1.82) is 0 Å². The summed E-state index contributed by atoms with van der Waals surface area (Å²) in [5.74, 6) is -0.349. The van der Waals surface area contributed by atoms with Crippen molar-refractivity contribution >= 4 is 17.8 Å². The van der Waals surface area contributed by atoms with Gasteiger partial charge in [0, 0.05) is 6.54 Å². The molecule has 0 aromatic heterocycles. The molecule has 2 N–H and O–H groups in total. The molecule has 0 bridgehead atoms. The lowest BCUT2D eigenvalue weighted by atomic mass is 9.93. The molecule has 5 heteroatoms. The van der Waals surface area contributed by atoms with Gasteiger partial charge >= 0.3 is 11.8 Å². The Labute approximate surface area is 88.3 Å². The van der Waals surface area contributed by atoms with Crippen molar-refractivity contribution in [3.8, 4) is 0 Å². The van der Waals surface area contributed by atoms with E-state index in [-0.39, 0.29) is 0 Å². The van der Waals surface area contributed by atoms with Gasteiger partial charge in [0.05, 0.1) is 0 Å². The topological polar surface area (TPSA) is 70.6 Å². The highest BCUT2D eigenvalue weighted by atomic mass is 16.2. The average Bonchev–Trinajstić information content (AvgIpc) is 2.89. The van der Waals surface area contributed by atoms with Gasteiger partial charge in [-0.25, -0.2) is 0 Å². The Bertz CT molecular complexity index is 325. The van der Waals surface area contributed by atoms with Crippen LogP contribution in [0.4, 0.5) is 0 Å². The molecule has 2 amide bonds. The van der Waals surface area contributed by atoms with Gasteiger partial charge in [0.15, 0.2) is 0 Å². The van der Waals surface area contributed by atoms with E-state index in [9.17, 15) is 9.59 Å². The van der Waals surface area contributed by atoms with Gasteiger partial charge < -0.3 is 0 Å². The van der Waals surface area contributed by atoms with Crippen LogP contribution in [0.25, 0.3) is 0 Å². The quantitative estimate of drug-likeness (QED) is 0.643. The molecule has 15 heavy (non-hydrogen) atoms. The minimum absolute atomic E-state index is 0.297. The zero-order valence-corrected chi connectivity index (χ0v) is 8.96. The molecule has 82 valence electrons. The summed E-state index contributed by atoms with van der Waals surface area (Å²) in [5.41, 5.74) is 0.297. The number of aliphatic imine (C=N–C) groups is 1. The minimum atomic E-state index is -0.622. The number of guanidine groups is 1. The van der Waals surface area contributed by atoms with Crippen molar-refractivity contribution in [1.82, 2.24) is 10.6 Å². The SMILES string of the molecule is CC(C)C1(CN=C2NC(=O)C(=O)N2)CC1. The van der Waals surface area contributed by atoms with Gasteiger partial charge in [-0.15, -0.1) is 0 Å². The molecular weight excluding hydrogens is 194 g/mol. The van der Waals surface area contributed by atoms with Gasteiger partial charge in [-0.1, -0.05) is 13.8 Å². The summed E-state index contributed by atoms with van der Waals surface area (Å²) in [5, 5.41) is 4.79. The Morgan fingerprint density at radius 1 is 1.27 bits per heavy atom. The van der Waals surface area contributed by atoms with Gasteiger partial charge in [-0.2, -0.15) is 0 Å². The Hall–Kier alpha value is -1.39. The molecule has 0 aromatic rings. The molecule has 1 heterocycles. The van der Waals surface area contributed by atoms with Crippen LogP contribution >= 0.6 is 0 Å². The molecule has 1 saturated carbocycles. The van der Waals surface area contributed by atoms with Crippen molar-refractivity contribution in [3.63, 3.8) is 0 Å². The highest BCUT2D eigenvalue weighted by Crippen LogP contribution is 2.51. The first-order chi connectivity index (χ1) is 7.03. The maximum atomic E-state index is 10.9. The Kier molecular flexibility index (Phi) is 2.25. The summed E-state index contributed by atoms with van der Waals surface area (Å²) in [6, 6.07) is 0. The molecule has 1 saturated heterocycles. The second-order valence-corrected chi connectivity index (χ2v) is 4.59. The van der Waals surface area contributed by atoms with E-state index in [1.165, 1.54) is 12.8 Å². The fourth-order valence-corrected chi connectivity index (χ4v) is 1.75. The Balaban J connectivity index is 1.96. The number of hydrogen-bond donors (Lipinski definition) is 2. The summed E-state index contributed by atoms with van der Waals surface area (Å²) < 4.78 is 0. The lowest BCUT2D eigenvalue weighted by Gasteiger charge is -2.16. The first kappa shape index (κ1) is 10.1. The molecular formula is C10H15N3O2. The largest absolute Gasteiger partial charge is 0.316 e. The predicted octanol–water partition coefficient (Wildman–Crippen LogP) is 0.0246. The maximum absolute atomic E-state index is 10.9. The molecule has 0 unspecified atom stereocenters. The van der Waals surface area contributed by atoms with E-state index in [1.807, 2.05) is 0 Å². The fraction of sp³-hybridized carbons (Fsp3) is 0.700. The van der Waals surface area contributed by atoms with Crippen LogP contribution in [0.15, 0.2) is 4.99 Å². The van der Waals surface area contributed by atoms with E-state index < -0.39 is 11.8 Å². The van der Waals surface area contributed by atoms with Crippen molar-refractivity contribution in [2.75, 3.05) is 6.54 Å². The number of hydrogen-bond acceptors (Lipinski definition) is 3. The molecule has 0 spiro atoms. The molecule has 2 fully saturated rings. The highest BCUT2D eigenvalue weighted by molar-refractivity contribution is 6.45. The number of carbonyl (C=O) groups is 2. The number of nitrogens with one attached hydrogen (secondary N) is 2. The average molecular weight is 209 g/mol. The van der Waals surface area contributed by atoms with E-state index in [0.29, 0.717) is 23.8 Å². The molecule has 1 aliphatic heterocycles. The maximum Gasteiger partial charge on any atom is 0.316 e. The van der Waals surface area contributed by atoms with E-state index in [4.69, 9.17) is 0 Å². The monoisotopic (exact) mass is 209 g/mol. The summed E-state index contributed by atoms with van der Waals surface area (Å²) >= 11 is 0. The number of nitrogens with zero attached hydrogens (tertiary/aromatic N) is 1. The van der Waals surface area contributed by atoms with Crippen molar-refractivity contribution < 1.29 is 9.59 Å². The van der Waals surface area contributed by atoms with Crippen LogP contribution in [0.2, 0.25) is 0 Å². The molecule has 1 aliphatic carbocycles. The summed E-state index contributed by atoms with van der Waals surface area (Å²) in [6.07, 6.45) is 2.37. The molecule has 0 atom stereocenters. The summed E-state index contributed by atoms with van der Waals surface area (Å²) in [4.78, 5) is 25.9. The standard InChI is InChI=1S/C10H15N3O2/c1-6(2)10(3-4-10)5-11-9-12-7(14)8(15)13-9/h6H,3-5H2,1-2H3,(H2,11,12,13,14,15). The smallest absolute Gasteiger partial charge is 0.288 e. The second-order valence-electron chi connectivity index (χ2n) is 4.59. The van der Waals surface area contributed by atoms with E-state index in [1.54, 1.807) is 0 Å². The van der Waals surface area contributed by atoms with E-state index in [0.717, 1.165) is 0 Å². The first-order valence-corrected chi connectivity index (χ1v) is 5.20. The zero-order valence-electron chi connectivity index (χ0n) is 8.96. The zero-order chi connectivity index (χ0) is 11.1. The Morgan fingerprint density at radius 2 is 1.80 bits per heavy atom. The van der Waals surface area contributed by atoms with Crippen molar-refractivity contribution in [2.24, 2.45) is 16.3 Å². The number of amides is 2. The lowest BCUT2D eigenvalue weighted by Crippen LogP contribution is -2.27. The molecule has 2 aliphatic rings. The summed E-state index contributed by atoms with van der Waals surface area (Å²) in [6.45, 7) is 5.04. The van der Waals surface area contributed by atoms with Gasteiger partial charge in [0.25, 0.3) is 0 Å². The predicted molar refractivity (Wildman–Crippen MR) is 55.1 cm³/mol. The van der Waals surface area contributed by atoms with Crippen LogP contribution in [-0.4, -0.2) is 24.3 Å². The third-order valence-electron chi connectivity index (χ3n) is 3.34. The molecule has 0 radical (unpaired) electrons. The van der Waals surface area contributed by atoms with Gasteiger partial charge in [0.2, 0.25) is 5.96 Å². The molecule has 2 rings (SSSR count). The van der Waals surface area contributed by atoms with Crippen LogP contribution in [0, 0.1) is 11.3 Å². The Morgan fingerprint density at radius 3 is 2.20 bits per heavy atom. The van der Waals surface area contributed by atoms with Crippen LogP contribution in [0.1, 0.15) is 26.7 Å². The molecule has 5 nitrogen and oxygen atoms in total. The third-order valence-corrected chi connectivity index (χ3v) is 3.34. The van der Waals surface area contributed by atoms with Crippen LogP contribution in [-0.2, 0) is 9.59 Å². The normalized spacial score (nSPS) is 22.7. The first-order valence-electron chi connectivity index (χ1n) is 5.20. The fourth-order valence-electron chi connectivity index (χ4n) is 1.75.